The molecule has 2 saturated heterocycles. The van der Waals surface area contributed by atoms with Gasteiger partial charge in [0.25, 0.3) is 0 Å². The lowest BCUT2D eigenvalue weighted by molar-refractivity contribution is 0.156. The van der Waals surface area contributed by atoms with Gasteiger partial charge in [0.2, 0.25) is 0 Å². The van der Waals surface area contributed by atoms with E-state index < -0.39 is 0 Å². The number of halogens is 1. The van der Waals surface area contributed by atoms with Crippen molar-refractivity contribution < 1.29 is 4.74 Å². The standard InChI is InChI=1S/C19H26ClN3O/c1-21-17(23-9-7-18(13-23)8-10-24-14-18)22-12-19(5-6-19)15-3-2-4-16(20)11-15/h2-4,11H,5-10,12-14H2,1H3,(H,21,22). The number of guanidine groups is 1. The van der Waals surface area contributed by atoms with Crippen molar-refractivity contribution in [3.63, 3.8) is 0 Å². The Hall–Kier alpha value is -1.26. The summed E-state index contributed by atoms with van der Waals surface area (Å²) in [6.07, 6.45) is 4.84. The topological polar surface area (TPSA) is 36.9 Å². The van der Waals surface area contributed by atoms with E-state index in [1.807, 2.05) is 13.1 Å². The number of nitrogens with zero attached hydrogens (tertiary/aromatic N) is 2. The Morgan fingerprint density at radius 1 is 1.33 bits per heavy atom. The van der Waals surface area contributed by atoms with Crippen LogP contribution in [-0.4, -0.2) is 50.8 Å². The monoisotopic (exact) mass is 347 g/mol. The maximum Gasteiger partial charge on any atom is 0.193 e. The quantitative estimate of drug-likeness (QED) is 0.674. The second-order valence-electron chi connectivity index (χ2n) is 7.67. The first kappa shape index (κ1) is 16.2. The fourth-order valence-corrected chi connectivity index (χ4v) is 4.39. The highest BCUT2D eigenvalue weighted by atomic mass is 35.5. The summed E-state index contributed by atoms with van der Waals surface area (Å²) in [6, 6.07) is 8.31. The van der Waals surface area contributed by atoms with Crippen LogP contribution in [0.15, 0.2) is 29.3 Å². The molecule has 4 nitrogen and oxygen atoms in total. The molecule has 2 aliphatic heterocycles. The van der Waals surface area contributed by atoms with Crippen molar-refractivity contribution in [2.45, 2.75) is 31.1 Å². The predicted octanol–water partition coefficient (Wildman–Crippen LogP) is 3.06. The van der Waals surface area contributed by atoms with Crippen molar-refractivity contribution in [1.29, 1.82) is 0 Å². The minimum absolute atomic E-state index is 0.231. The largest absolute Gasteiger partial charge is 0.381 e. The van der Waals surface area contributed by atoms with Gasteiger partial charge in [-0.2, -0.15) is 0 Å². The van der Waals surface area contributed by atoms with Crippen LogP contribution in [-0.2, 0) is 10.2 Å². The summed E-state index contributed by atoms with van der Waals surface area (Å²) >= 11 is 6.18. The molecule has 1 N–H and O–H groups in total. The summed E-state index contributed by atoms with van der Waals surface area (Å²) in [5, 5.41) is 4.46. The summed E-state index contributed by atoms with van der Waals surface area (Å²) in [5.41, 5.74) is 1.94. The van der Waals surface area contributed by atoms with Gasteiger partial charge in [-0.25, -0.2) is 0 Å². The lowest BCUT2D eigenvalue weighted by Crippen LogP contribution is -2.44. The van der Waals surface area contributed by atoms with Crippen molar-refractivity contribution in [2.75, 3.05) is 39.9 Å². The summed E-state index contributed by atoms with van der Waals surface area (Å²) in [7, 11) is 1.89. The van der Waals surface area contributed by atoms with Gasteiger partial charge < -0.3 is 15.0 Å². The molecule has 3 fully saturated rings. The summed E-state index contributed by atoms with van der Waals surface area (Å²) in [5.74, 6) is 1.03. The molecule has 4 rings (SSSR count). The van der Waals surface area contributed by atoms with E-state index in [1.165, 1.54) is 31.2 Å². The molecule has 0 radical (unpaired) electrons. The van der Waals surface area contributed by atoms with Gasteiger partial charge in [0, 0.05) is 49.1 Å². The lowest BCUT2D eigenvalue weighted by atomic mass is 9.87. The van der Waals surface area contributed by atoms with Crippen LogP contribution in [0, 0.1) is 5.41 Å². The van der Waals surface area contributed by atoms with E-state index in [-0.39, 0.29) is 5.41 Å². The molecule has 5 heteroatoms. The van der Waals surface area contributed by atoms with Crippen molar-refractivity contribution in [1.82, 2.24) is 10.2 Å². The summed E-state index contributed by atoms with van der Waals surface area (Å²) < 4.78 is 5.64. The Morgan fingerprint density at radius 3 is 2.88 bits per heavy atom. The molecule has 3 aliphatic rings. The molecule has 24 heavy (non-hydrogen) atoms. The highest BCUT2D eigenvalue weighted by molar-refractivity contribution is 6.30. The molecule has 0 bridgehead atoms. The van der Waals surface area contributed by atoms with Crippen molar-refractivity contribution in [2.24, 2.45) is 10.4 Å². The fourth-order valence-electron chi connectivity index (χ4n) is 4.20. The van der Waals surface area contributed by atoms with Gasteiger partial charge in [-0.3, -0.25) is 4.99 Å². The van der Waals surface area contributed by atoms with Crippen molar-refractivity contribution in [3.05, 3.63) is 34.9 Å². The third kappa shape index (κ3) is 3.02. The molecule has 0 aromatic heterocycles. The molecule has 1 spiro atoms. The first-order chi connectivity index (χ1) is 11.6. The van der Waals surface area contributed by atoms with Crippen LogP contribution >= 0.6 is 11.6 Å². The molecule has 1 saturated carbocycles. The normalized spacial score (nSPS) is 28.6. The number of benzene rings is 1. The van der Waals surface area contributed by atoms with Gasteiger partial charge in [0.1, 0.15) is 0 Å². The molecular weight excluding hydrogens is 322 g/mol. The Kier molecular flexibility index (Phi) is 4.21. The molecule has 2 heterocycles. The molecule has 130 valence electrons. The number of hydrogen-bond donors (Lipinski definition) is 1. The predicted molar refractivity (Wildman–Crippen MR) is 97.8 cm³/mol. The van der Waals surface area contributed by atoms with E-state index in [0.29, 0.717) is 5.41 Å². The molecule has 0 amide bonds. The maximum absolute atomic E-state index is 6.18. The highest BCUT2D eigenvalue weighted by Gasteiger charge is 2.45. The third-order valence-corrected chi connectivity index (χ3v) is 6.25. The van der Waals surface area contributed by atoms with E-state index in [4.69, 9.17) is 16.3 Å². The number of hydrogen-bond acceptors (Lipinski definition) is 2. The molecule has 1 atom stereocenters. The van der Waals surface area contributed by atoms with Crippen LogP contribution in [0.3, 0.4) is 0 Å². The minimum Gasteiger partial charge on any atom is -0.381 e. The molecule has 1 aliphatic carbocycles. The van der Waals surface area contributed by atoms with Crippen LogP contribution in [0.5, 0.6) is 0 Å². The first-order valence-corrected chi connectivity index (χ1v) is 9.32. The van der Waals surface area contributed by atoms with Crippen LogP contribution in [0.2, 0.25) is 5.02 Å². The second-order valence-corrected chi connectivity index (χ2v) is 8.10. The smallest absolute Gasteiger partial charge is 0.193 e. The molecular formula is C19H26ClN3O. The van der Waals surface area contributed by atoms with E-state index in [9.17, 15) is 0 Å². The number of likely N-dealkylation sites (tertiary alicyclic amines) is 1. The van der Waals surface area contributed by atoms with E-state index >= 15 is 0 Å². The van der Waals surface area contributed by atoms with Gasteiger partial charge in [0.05, 0.1) is 6.61 Å². The molecule has 1 aromatic rings. The third-order valence-electron chi connectivity index (χ3n) is 6.01. The van der Waals surface area contributed by atoms with Crippen LogP contribution in [0.1, 0.15) is 31.2 Å². The van der Waals surface area contributed by atoms with Crippen LogP contribution in [0.25, 0.3) is 0 Å². The summed E-state index contributed by atoms with van der Waals surface area (Å²) in [4.78, 5) is 6.94. The zero-order valence-electron chi connectivity index (χ0n) is 14.4. The van der Waals surface area contributed by atoms with Crippen molar-refractivity contribution in [3.8, 4) is 0 Å². The van der Waals surface area contributed by atoms with Gasteiger partial charge >= 0.3 is 0 Å². The number of ether oxygens (including phenoxy) is 1. The lowest BCUT2D eigenvalue weighted by Gasteiger charge is -2.26. The Bertz CT molecular complexity index is 635. The van der Waals surface area contributed by atoms with Crippen LogP contribution in [0.4, 0.5) is 0 Å². The fraction of sp³-hybridized carbons (Fsp3) is 0.632. The molecule has 1 aromatic carbocycles. The van der Waals surface area contributed by atoms with Crippen LogP contribution < -0.4 is 5.32 Å². The van der Waals surface area contributed by atoms with Gasteiger partial charge in [-0.05, 0) is 43.4 Å². The molecule has 1 unspecified atom stereocenters. The van der Waals surface area contributed by atoms with E-state index in [0.717, 1.165) is 43.8 Å². The van der Waals surface area contributed by atoms with Gasteiger partial charge in [0.15, 0.2) is 5.96 Å². The zero-order valence-corrected chi connectivity index (χ0v) is 15.1. The average molecular weight is 348 g/mol. The SMILES string of the molecule is CN=C(NCC1(c2cccc(Cl)c2)CC1)N1CCC2(CCOC2)C1. The number of rotatable bonds is 3. The second kappa shape index (κ2) is 6.23. The van der Waals surface area contributed by atoms with Crippen molar-refractivity contribution >= 4 is 17.6 Å². The maximum atomic E-state index is 6.18. The number of nitrogens with one attached hydrogen (secondary N) is 1. The highest BCUT2D eigenvalue weighted by Crippen LogP contribution is 2.48. The van der Waals surface area contributed by atoms with E-state index in [1.54, 1.807) is 0 Å². The Morgan fingerprint density at radius 2 is 2.21 bits per heavy atom. The first-order valence-electron chi connectivity index (χ1n) is 8.94. The van der Waals surface area contributed by atoms with Gasteiger partial charge in [-0.1, -0.05) is 23.7 Å². The summed E-state index contributed by atoms with van der Waals surface area (Å²) in [6.45, 7) is 4.90. The zero-order chi connectivity index (χ0) is 16.6. The van der Waals surface area contributed by atoms with E-state index in [2.05, 4.69) is 33.4 Å². The van der Waals surface area contributed by atoms with Gasteiger partial charge in [-0.15, -0.1) is 0 Å². The number of aliphatic imine (C=N–C) groups is 1. The Labute approximate surface area is 149 Å². The minimum atomic E-state index is 0.231. The average Bonchev–Trinajstić information content (AvgIpc) is 3.06. The Balaban J connectivity index is 1.40.